The van der Waals surface area contributed by atoms with E-state index in [1.165, 1.54) is 12.7 Å². The van der Waals surface area contributed by atoms with Gasteiger partial charge in [-0.1, -0.05) is 6.07 Å². The summed E-state index contributed by atoms with van der Waals surface area (Å²) in [6.45, 7) is 0. The van der Waals surface area contributed by atoms with Crippen LogP contribution >= 0.6 is 0 Å². The third-order valence-electron chi connectivity index (χ3n) is 3.21. The first-order valence-electron chi connectivity index (χ1n) is 5.59. The van der Waals surface area contributed by atoms with Crippen molar-refractivity contribution in [1.82, 2.24) is 0 Å². The molecular weight excluding hydrogens is 204 g/mol. The van der Waals surface area contributed by atoms with Crippen LogP contribution < -0.4 is 0 Å². The second-order valence-corrected chi connectivity index (χ2v) is 4.25. The minimum atomic E-state index is -0.179. The molecule has 0 saturated carbocycles. The average Bonchev–Trinajstić information content (AvgIpc) is 2.29. The molecule has 86 valence electrons. The summed E-state index contributed by atoms with van der Waals surface area (Å²) in [6, 6.07) is 5.44. The molecule has 0 amide bonds. The van der Waals surface area contributed by atoms with Gasteiger partial charge in [0.15, 0.2) is 0 Å². The van der Waals surface area contributed by atoms with E-state index >= 15 is 0 Å². The van der Waals surface area contributed by atoms with Gasteiger partial charge in [-0.25, -0.2) is 0 Å². The summed E-state index contributed by atoms with van der Waals surface area (Å²) in [5.74, 6) is 0.292. The van der Waals surface area contributed by atoms with Crippen molar-refractivity contribution in [3.8, 4) is 5.75 Å². The fourth-order valence-electron chi connectivity index (χ4n) is 2.38. The third-order valence-corrected chi connectivity index (χ3v) is 3.21. The second kappa shape index (κ2) is 4.56. The van der Waals surface area contributed by atoms with Crippen molar-refractivity contribution in [2.24, 2.45) is 0 Å². The van der Waals surface area contributed by atoms with E-state index in [9.17, 15) is 9.90 Å². The molecular formula is C13H16O3. The number of phenolic OH excluding ortho intramolecular Hbond substituents is 1. The molecule has 1 atom stereocenters. The molecule has 0 spiro atoms. The van der Waals surface area contributed by atoms with Crippen LogP contribution in [0.5, 0.6) is 5.75 Å². The predicted octanol–water partition coefficient (Wildman–Crippen LogP) is 2.38. The van der Waals surface area contributed by atoms with Gasteiger partial charge in [0.05, 0.1) is 13.5 Å². The number of hydrogen-bond donors (Lipinski definition) is 1. The molecule has 0 heterocycles. The lowest BCUT2D eigenvalue weighted by molar-refractivity contribution is -0.141. The van der Waals surface area contributed by atoms with Crippen molar-refractivity contribution in [2.75, 3.05) is 7.11 Å². The van der Waals surface area contributed by atoms with Crippen LogP contribution in [0.3, 0.4) is 0 Å². The summed E-state index contributed by atoms with van der Waals surface area (Å²) in [5.41, 5.74) is 2.36. The lowest BCUT2D eigenvalue weighted by atomic mass is 9.81. The van der Waals surface area contributed by atoms with Gasteiger partial charge < -0.3 is 9.84 Å². The number of aromatic hydroxyl groups is 1. The highest BCUT2D eigenvalue weighted by Gasteiger charge is 2.23. The molecule has 1 aliphatic carbocycles. The number of ether oxygens (including phenoxy) is 1. The zero-order chi connectivity index (χ0) is 11.5. The number of phenols is 1. The van der Waals surface area contributed by atoms with E-state index in [0.717, 1.165) is 24.8 Å². The van der Waals surface area contributed by atoms with E-state index in [0.29, 0.717) is 6.42 Å². The van der Waals surface area contributed by atoms with Crippen LogP contribution in [-0.4, -0.2) is 18.2 Å². The Morgan fingerprint density at radius 1 is 1.56 bits per heavy atom. The van der Waals surface area contributed by atoms with E-state index in [1.807, 2.05) is 6.07 Å². The maximum atomic E-state index is 11.3. The molecule has 0 bridgehead atoms. The van der Waals surface area contributed by atoms with Crippen LogP contribution in [-0.2, 0) is 16.0 Å². The van der Waals surface area contributed by atoms with Crippen LogP contribution in [0.25, 0.3) is 0 Å². The Kier molecular flexibility index (Phi) is 3.13. The van der Waals surface area contributed by atoms with Gasteiger partial charge in [0.1, 0.15) is 5.75 Å². The van der Waals surface area contributed by atoms with Crippen LogP contribution in [0.2, 0.25) is 0 Å². The largest absolute Gasteiger partial charge is 0.508 e. The molecule has 0 aliphatic heterocycles. The van der Waals surface area contributed by atoms with Crippen molar-refractivity contribution in [3.05, 3.63) is 29.3 Å². The standard InChI is InChI=1S/C13H16O3/c1-16-13(15)7-10-4-2-3-9-5-6-11(14)8-12(9)10/h5-6,8,10,14H,2-4,7H2,1H3. The molecule has 0 radical (unpaired) electrons. The van der Waals surface area contributed by atoms with Gasteiger partial charge >= 0.3 is 5.97 Å². The molecule has 0 saturated heterocycles. The molecule has 0 fully saturated rings. The Labute approximate surface area is 95.0 Å². The Balaban J connectivity index is 2.24. The van der Waals surface area contributed by atoms with Crippen LogP contribution in [0, 0.1) is 0 Å². The first-order valence-corrected chi connectivity index (χ1v) is 5.59. The summed E-state index contributed by atoms with van der Waals surface area (Å²) in [6.07, 6.45) is 3.53. The van der Waals surface area contributed by atoms with Gasteiger partial charge in [-0.2, -0.15) is 0 Å². The highest BCUT2D eigenvalue weighted by molar-refractivity contribution is 5.70. The highest BCUT2D eigenvalue weighted by Crippen LogP contribution is 2.35. The molecule has 1 aromatic rings. The van der Waals surface area contributed by atoms with Crippen LogP contribution in [0.1, 0.15) is 36.3 Å². The maximum Gasteiger partial charge on any atom is 0.306 e. The average molecular weight is 220 g/mol. The van der Waals surface area contributed by atoms with Crippen LogP contribution in [0.15, 0.2) is 18.2 Å². The fraction of sp³-hybridized carbons (Fsp3) is 0.462. The van der Waals surface area contributed by atoms with Crippen molar-refractivity contribution < 1.29 is 14.6 Å². The van der Waals surface area contributed by atoms with E-state index in [2.05, 4.69) is 0 Å². The first-order chi connectivity index (χ1) is 7.70. The summed E-state index contributed by atoms with van der Waals surface area (Å²) >= 11 is 0. The highest BCUT2D eigenvalue weighted by atomic mass is 16.5. The molecule has 3 nitrogen and oxygen atoms in total. The lowest BCUT2D eigenvalue weighted by Crippen LogP contribution is -2.14. The first kappa shape index (κ1) is 11.0. The number of fused-ring (bicyclic) bond motifs is 1. The molecule has 16 heavy (non-hydrogen) atoms. The number of rotatable bonds is 2. The van der Waals surface area contributed by atoms with E-state index < -0.39 is 0 Å². The summed E-state index contributed by atoms with van der Waals surface area (Å²) in [5, 5.41) is 9.48. The zero-order valence-corrected chi connectivity index (χ0v) is 9.40. The van der Waals surface area contributed by atoms with Crippen molar-refractivity contribution in [1.29, 1.82) is 0 Å². The number of hydrogen-bond acceptors (Lipinski definition) is 3. The van der Waals surface area contributed by atoms with Gasteiger partial charge in [-0.15, -0.1) is 0 Å². The number of carbonyl (C=O) groups excluding carboxylic acids is 1. The molecule has 1 N–H and O–H groups in total. The number of benzene rings is 1. The van der Waals surface area contributed by atoms with Gasteiger partial charge in [-0.05, 0) is 48.4 Å². The second-order valence-electron chi connectivity index (χ2n) is 4.25. The number of carbonyl (C=O) groups is 1. The minimum Gasteiger partial charge on any atom is -0.508 e. The third kappa shape index (κ3) is 2.18. The monoisotopic (exact) mass is 220 g/mol. The normalized spacial score (nSPS) is 18.9. The fourth-order valence-corrected chi connectivity index (χ4v) is 2.38. The molecule has 1 aromatic carbocycles. The maximum absolute atomic E-state index is 11.3. The number of aryl methyl sites for hydroxylation is 1. The predicted molar refractivity (Wildman–Crippen MR) is 60.4 cm³/mol. The molecule has 1 aliphatic rings. The van der Waals surface area contributed by atoms with Crippen molar-refractivity contribution >= 4 is 5.97 Å². The van der Waals surface area contributed by atoms with E-state index in [-0.39, 0.29) is 17.6 Å². The molecule has 1 unspecified atom stereocenters. The summed E-state index contributed by atoms with van der Waals surface area (Å²) in [7, 11) is 1.41. The topological polar surface area (TPSA) is 46.5 Å². The van der Waals surface area contributed by atoms with Crippen LogP contribution in [0.4, 0.5) is 0 Å². The van der Waals surface area contributed by atoms with Crippen molar-refractivity contribution in [2.45, 2.75) is 31.6 Å². The Morgan fingerprint density at radius 2 is 2.38 bits per heavy atom. The van der Waals surface area contributed by atoms with E-state index in [1.54, 1.807) is 12.1 Å². The van der Waals surface area contributed by atoms with E-state index in [4.69, 9.17) is 4.74 Å². The smallest absolute Gasteiger partial charge is 0.306 e. The number of methoxy groups -OCH3 is 1. The van der Waals surface area contributed by atoms with Gasteiger partial charge in [-0.3, -0.25) is 4.79 Å². The SMILES string of the molecule is COC(=O)CC1CCCc2ccc(O)cc21. The Bertz CT molecular complexity index is 398. The molecule has 2 rings (SSSR count). The van der Waals surface area contributed by atoms with Gasteiger partial charge in [0.25, 0.3) is 0 Å². The Hall–Kier alpha value is -1.51. The summed E-state index contributed by atoms with van der Waals surface area (Å²) < 4.78 is 4.70. The van der Waals surface area contributed by atoms with Gasteiger partial charge in [0, 0.05) is 0 Å². The Morgan fingerprint density at radius 3 is 3.12 bits per heavy atom. The molecule has 0 aromatic heterocycles. The number of esters is 1. The van der Waals surface area contributed by atoms with Crippen molar-refractivity contribution in [3.63, 3.8) is 0 Å². The quantitative estimate of drug-likeness (QED) is 0.778. The van der Waals surface area contributed by atoms with Gasteiger partial charge in [0.2, 0.25) is 0 Å². The lowest BCUT2D eigenvalue weighted by Gasteiger charge is -2.24. The minimum absolute atomic E-state index is 0.179. The molecule has 3 heteroatoms. The zero-order valence-electron chi connectivity index (χ0n) is 9.40. The summed E-state index contributed by atoms with van der Waals surface area (Å²) in [4.78, 5) is 11.3.